The Morgan fingerprint density at radius 3 is 2.68 bits per heavy atom. The van der Waals surface area contributed by atoms with Crippen LogP contribution in [-0.4, -0.2) is 51.8 Å². The van der Waals surface area contributed by atoms with Crippen molar-refractivity contribution in [3.63, 3.8) is 0 Å². The van der Waals surface area contributed by atoms with Crippen molar-refractivity contribution in [3.8, 4) is 0 Å². The van der Waals surface area contributed by atoms with Gasteiger partial charge in [-0.25, -0.2) is 0 Å². The van der Waals surface area contributed by atoms with E-state index < -0.39 is 0 Å². The molecule has 2 aliphatic heterocycles. The van der Waals surface area contributed by atoms with E-state index in [0.29, 0.717) is 12.6 Å². The summed E-state index contributed by atoms with van der Waals surface area (Å²) in [5.41, 5.74) is 1.39. The van der Waals surface area contributed by atoms with Crippen LogP contribution in [-0.2, 0) is 26.1 Å². The topological polar surface area (TPSA) is 70.4 Å². The Kier molecular flexibility index (Phi) is 7.66. The van der Waals surface area contributed by atoms with E-state index in [1.54, 1.807) is 0 Å². The lowest BCUT2D eigenvalue weighted by Crippen LogP contribution is -2.48. The highest BCUT2D eigenvalue weighted by molar-refractivity contribution is 14.0. The molecule has 1 saturated heterocycles. The molecule has 2 N–H and O–H groups in total. The number of nitrogens with one attached hydrogen (secondary N) is 2. The van der Waals surface area contributed by atoms with Crippen LogP contribution in [0.15, 0.2) is 35.3 Å². The molecule has 2 aromatic rings. The van der Waals surface area contributed by atoms with Crippen molar-refractivity contribution >= 4 is 29.9 Å². The third-order valence-corrected chi connectivity index (χ3v) is 5.50. The molecule has 0 amide bonds. The van der Waals surface area contributed by atoms with Gasteiger partial charge in [-0.05, 0) is 24.8 Å². The Morgan fingerprint density at radius 1 is 1.14 bits per heavy atom. The quantitative estimate of drug-likeness (QED) is 0.378. The van der Waals surface area contributed by atoms with E-state index in [0.717, 1.165) is 63.0 Å². The smallest absolute Gasteiger partial charge is 0.191 e. The molecule has 1 fully saturated rings. The molecule has 152 valence electrons. The average Bonchev–Trinajstić information content (AvgIpc) is 3.32. The van der Waals surface area contributed by atoms with Gasteiger partial charge in [-0.3, -0.25) is 9.89 Å². The molecule has 1 aromatic heterocycles. The van der Waals surface area contributed by atoms with E-state index >= 15 is 0 Å². The van der Waals surface area contributed by atoms with Crippen LogP contribution in [0.2, 0.25) is 0 Å². The highest BCUT2D eigenvalue weighted by Crippen LogP contribution is 2.15. The molecule has 8 heteroatoms. The number of halogens is 1. The Labute approximate surface area is 184 Å². The molecule has 0 saturated carbocycles. The van der Waals surface area contributed by atoms with Gasteiger partial charge in [0, 0.05) is 45.7 Å². The Balaban J connectivity index is 0.00000225. The second-order valence-electron chi connectivity index (χ2n) is 7.39. The molecule has 0 aliphatic carbocycles. The van der Waals surface area contributed by atoms with Crippen LogP contribution in [0.1, 0.15) is 36.5 Å². The number of nitrogens with zero attached hydrogens (tertiary/aromatic N) is 5. The van der Waals surface area contributed by atoms with Crippen molar-refractivity contribution in [2.75, 3.05) is 20.1 Å². The summed E-state index contributed by atoms with van der Waals surface area (Å²) in [4.78, 5) is 6.92. The number of hydrogen-bond acceptors (Lipinski definition) is 4. The first-order valence-corrected chi connectivity index (χ1v) is 9.96. The molecule has 0 atom stereocenters. The highest BCUT2D eigenvalue weighted by atomic mass is 127. The predicted octanol–water partition coefficient (Wildman–Crippen LogP) is 2.17. The van der Waals surface area contributed by atoms with Crippen molar-refractivity contribution in [2.24, 2.45) is 4.99 Å². The summed E-state index contributed by atoms with van der Waals surface area (Å²) in [5, 5.41) is 15.5. The SMILES string of the molecule is CN=C(NCc1nnc2n1CCC2)NC1CCN(Cc2ccccc2)CC1.I. The Morgan fingerprint density at radius 2 is 1.93 bits per heavy atom. The summed E-state index contributed by atoms with van der Waals surface area (Å²) in [6.45, 7) is 4.96. The largest absolute Gasteiger partial charge is 0.354 e. The van der Waals surface area contributed by atoms with Crippen LogP contribution in [0, 0.1) is 0 Å². The van der Waals surface area contributed by atoms with Gasteiger partial charge in [0.25, 0.3) is 0 Å². The maximum atomic E-state index is 4.39. The summed E-state index contributed by atoms with van der Waals surface area (Å²) in [5.74, 6) is 2.97. The molecule has 0 bridgehead atoms. The average molecular weight is 495 g/mol. The van der Waals surface area contributed by atoms with E-state index in [4.69, 9.17) is 0 Å². The lowest BCUT2D eigenvalue weighted by molar-refractivity contribution is 0.198. The number of guanidine groups is 1. The van der Waals surface area contributed by atoms with Crippen LogP contribution < -0.4 is 10.6 Å². The number of likely N-dealkylation sites (tertiary alicyclic amines) is 1. The zero-order chi connectivity index (χ0) is 18.5. The summed E-state index contributed by atoms with van der Waals surface area (Å²) in [6.07, 6.45) is 4.48. The van der Waals surface area contributed by atoms with Crippen LogP contribution in [0.25, 0.3) is 0 Å². The minimum Gasteiger partial charge on any atom is -0.354 e. The van der Waals surface area contributed by atoms with E-state index in [9.17, 15) is 0 Å². The van der Waals surface area contributed by atoms with Crippen LogP contribution in [0.5, 0.6) is 0 Å². The number of hydrogen-bond donors (Lipinski definition) is 2. The predicted molar refractivity (Wildman–Crippen MR) is 122 cm³/mol. The molecule has 3 heterocycles. The summed E-state index contributed by atoms with van der Waals surface area (Å²) < 4.78 is 2.22. The lowest BCUT2D eigenvalue weighted by atomic mass is 10.0. The molecule has 1 aromatic carbocycles. The molecular formula is C20H30IN7. The molecule has 4 rings (SSSR count). The van der Waals surface area contributed by atoms with Gasteiger partial charge in [-0.15, -0.1) is 34.2 Å². The van der Waals surface area contributed by atoms with Crippen molar-refractivity contribution < 1.29 is 0 Å². The Hall–Kier alpha value is -1.68. The molecule has 2 aliphatic rings. The van der Waals surface area contributed by atoms with Gasteiger partial charge >= 0.3 is 0 Å². The van der Waals surface area contributed by atoms with E-state index in [1.165, 1.54) is 12.0 Å². The number of fused-ring (bicyclic) bond motifs is 1. The molecule has 0 unspecified atom stereocenters. The first-order chi connectivity index (χ1) is 13.3. The van der Waals surface area contributed by atoms with Gasteiger partial charge in [-0.1, -0.05) is 30.3 Å². The number of aromatic nitrogens is 3. The molecule has 0 radical (unpaired) electrons. The minimum absolute atomic E-state index is 0. The monoisotopic (exact) mass is 495 g/mol. The normalized spacial score (nSPS) is 17.8. The zero-order valence-corrected chi connectivity index (χ0v) is 18.8. The Bertz CT molecular complexity index is 766. The number of aryl methyl sites for hydroxylation is 1. The first kappa shape index (κ1) is 21.0. The van der Waals surface area contributed by atoms with Gasteiger partial charge in [-0.2, -0.15) is 0 Å². The van der Waals surface area contributed by atoms with Crippen LogP contribution >= 0.6 is 24.0 Å². The fourth-order valence-corrected chi connectivity index (χ4v) is 3.97. The van der Waals surface area contributed by atoms with Crippen LogP contribution in [0.3, 0.4) is 0 Å². The molecular weight excluding hydrogens is 465 g/mol. The zero-order valence-electron chi connectivity index (χ0n) is 16.5. The van der Waals surface area contributed by atoms with Gasteiger partial charge < -0.3 is 15.2 Å². The van der Waals surface area contributed by atoms with Gasteiger partial charge in [0.05, 0.1) is 6.54 Å². The molecule has 0 spiro atoms. The third kappa shape index (κ3) is 5.22. The van der Waals surface area contributed by atoms with E-state index in [1.807, 2.05) is 7.05 Å². The minimum atomic E-state index is 0. The van der Waals surface area contributed by atoms with Crippen molar-refractivity contribution in [2.45, 2.75) is 51.4 Å². The fourth-order valence-electron chi connectivity index (χ4n) is 3.97. The maximum Gasteiger partial charge on any atom is 0.191 e. The highest BCUT2D eigenvalue weighted by Gasteiger charge is 2.21. The standard InChI is InChI=1S/C20H29N7.HI/c1-21-20(22-14-19-25-24-18-8-5-11-27(18)19)23-17-9-12-26(13-10-17)15-16-6-3-2-4-7-16;/h2-4,6-7,17H,5,8-15H2,1H3,(H2,21,22,23);1H. The van der Waals surface area contributed by atoms with E-state index in [2.05, 4.69) is 65.6 Å². The third-order valence-electron chi connectivity index (χ3n) is 5.50. The van der Waals surface area contributed by atoms with Crippen molar-refractivity contribution in [1.29, 1.82) is 0 Å². The van der Waals surface area contributed by atoms with Gasteiger partial charge in [0.1, 0.15) is 5.82 Å². The van der Waals surface area contributed by atoms with Crippen LogP contribution in [0.4, 0.5) is 0 Å². The van der Waals surface area contributed by atoms with Gasteiger partial charge in [0.2, 0.25) is 0 Å². The van der Waals surface area contributed by atoms with Crippen molar-refractivity contribution in [1.82, 2.24) is 30.3 Å². The summed E-state index contributed by atoms with van der Waals surface area (Å²) >= 11 is 0. The van der Waals surface area contributed by atoms with E-state index in [-0.39, 0.29) is 24.0 Å². The first-order valence-electron chi connectivity index (χ1n) is 9.96. The lowest BCUT2D eigenvalue weighted by Gasteiger charge is -2.33. The maximum absolute atomic E-state index is 4.39. The molecule has 28 heavy (non-hydrogen) atoms. The second kappa shape index (κ2) is 10.2. The van der Waals surface area contributed by atoms with Gasteiger partial charge in [0.15, 0.2) is 11.8 Å². The summed E-state index contributed by atoms with van der Waals surface area (Å²) in [6, 6.07) is 11.2. The molecule has 7 nitrogen and oxygen atoms in total. The fraction of sp³-hybridized carbons (Fsp3) is 0.550. The summed E-state index contributed by atoms with van der Waals surface area (Å²) in [7, 11) is 1.83. The number of benzene rings is 1. The number of rotatable bonds is 5. The second-order valence-corrected chi connectivity index (χ2v) is 7.39. The number of piperidine rings is 1. The van der Waals surface area contributed by atoms with Crippen molar-refractivity contribution in [3.05, 3.63) is 47.5 Å². The number of aliphatic imine (C=N–C) groups is 1.